The first-order chi connectivity index (χ1) is 8.59. The highest BCUT2D eigenvalue weighted by molar-refractivity contribution is 5.81. The minimum atomic E-state index is 0.121. The van der Waals surface area contributed by atoms with Crippen LogP contribution < -0.4 is 10.2 Å². The van der Waals surface area contributed by atoms with Crippen LogP contribution >= 0.6 is 0 Å². The van der Waals surface area contributed by atoms with Gasteiger partial charge in [0, 0.05) is 18.9 Å². The average molecular weight is 243 g/mol. The molecule has 1 aliphatic rings. The van der Waals surface area contributed by atoms with Gasteiger partial charge in [0.25, 0.3) is 0 Å². The summed E-state index contributed by atoms with van der Waals surface area (Å²) in [5, 5.41) is 0.784. The van der Waals surface area contributed by atoms with Crippen molar-refractivity contribution in [2.45, 2.75) is 26.4 Å². The van der Waals surface area contributed by atoms with E-state index in [1.165, 1.54) is 0 Å². The van der Waals surface area contributed by atoms with Crippen LogP contribution in [0, 0.1) is 5.92 Å². The van der Waals surface area contributed by atoms with Crippen LogP contribution in [0.4, 0.5) is 0 Å². The number of fused-ring (bicyclic) bond motifs is 2. The Hall–Kier alpha value is -1.77. The number of hydrogen-bond acceptors (Lipinski definition) is 2. The fraction of sp³-hybridized carbons (Fsp3) is 0.400. The van der Waals surface area contributed by atoms with Crippen LogP contribution in [0.25, 0.3) is 10.9 Å². The zero-order valence-corrected chi connectivity index (χ0v) is 10.9. The second-order valence-electron chi connectivity index (χ2n) is 5.29. The number of nitrogens with zero attached hydrogens (tertiary/aromatic N) is 1. The van der Waals surface area contributed by atoms with Gasteiger partial charge in [0.05, 0.1) is 11.1 Å². The van der Waals surface area contributed by atoms with Crippen LogP contribution in [-0.2, 0) is 13.5 Å². The lowest BCUT2D eigenvalue weighted by Gasteiger charge is -2.15. The average Bonchev–Trinajstić information content (AvgIpc) is 2.81. The number of para-hydroxylation sites is 1. The third kappa shape index (κ3) is 1.47. The fourth-order valence-electron chi connectivity index (χ4n) is 2.62. The number of aryl methyl sites for hydroxylation is 1. The van der Waals surface area contributed by atoms with Gasteiger partial charge in [-0.05, 0) is 18.1 Å². The Balaban J connectivity index is 2.29. The quantitative estimate of drug-likeness (QED) is 0.770. The third-order valence-corrected chi connectivity index (χ3v) is 3.76. The highest BCUT2D eigenvalue weighted by Crippen LogP contribution is 2.31. The summed E-state index contributed by atoms with van der Waals surface area (Å²) < 4.78 is 7.95. The van der Waals surface area contributed by atoms with Crippen LogP contribution in [0.2, 0.25) is 0 Å². The number of ether oxygens (including phenoxy) is 1. The molecule has 0 spiro atoms. The molecule has 1 aromatic heterocycles. The van der Waals surface area contributed by atoms with E-state index < -0.39 is 0 Å². The van der Waals surface area contributed by atoms with Crippen LogP contribution in [0.5, 0.6) is 5.88 Å². The Morgan fingerprint density at radius 2 is 2.06 bits per heavy atom. The molecular weight excluding hydrogens is 226 g/mol. The Labute approximate surface area is 106 Å². The van der Waals surface area contributed by atoms with Crippen LogP contribution in [0.3, 0.4) is 0 Å². The molecule has 0 aliphatic carbocycles. The monoisotopic (exact) mass is 243 g/mol. The van der Waals surface area contributed by atoms with Gasteiger partial charge >= 0.3 is 0 Å². The fourth-order valence-corrected chi connectivity index (χ4v) is 2.62. The molecule has 3 heteroatoms. The first-order valence-corrected chi connectivity index (χ1v) is 6.37. The smallest absolute Gasteiger partial charge is 0.201 e. The molecule has 0 amide bonds. The lowest BCUT2D eigenvalue weighted by molar-refractivity contribution is 0.168. The van der Waals surface area contributed by atoms with Gasteiger partial charge in [-0.25, -0.2) is 0 Å². The summed E-state index contributed by atoms with van der Waals surface area (Å²) in [7, 11) is 1.96. The molecular formula is C15H17NO2. The topological polar surface area (TPSA) is 31.2 Å². The summed E-state index contributed by atoms with van der Waals surface area (Å²) in [5.41, 5.74) is 1.89. The third-order valence-electron chi connectivity index (χ3n) is 3.76. The van der Waals surface area contributed by atoms with Crippen molar-refractivity contribution < 1.29 is 4.74 Å². The molecule has 2 aromatic rings. The Bertz CT molecular complexity index is 670. The van der Waals surface area contributed by atoms with E-state index in [2.05, 4.69) is 13.8 Å². The van der Waals surface area contributed by atoms with Crippen molar-refractivity contribution >= 4 is 10.9 Å². The molecule has 3 rings (SSSR count). The molecule has 2 heterocycles. The SMILES string of the molecule is CC(C)[C@@H]1Cc2c(n(C)c3ccccc3c2=O)O1. The van der Waals surface area contributed by atoms with E-state index in [0.29, 0.717) is 5.92 Å². The van der Waals surface area contributed by atoms with Gasteiger partial charge in [-0.15, -0.1) is 0 Å². The van der Waals surface area contributed by atoms with Crippen LogP contribution in [-0.4, -0.2) is 10.7 Å². The maximum absolute atomic E-state index is 12.4. The summed E-state index contributed by atoms with van der Waals surface area (Å²) in [5.74, 6) is 1.16. The molecule has 1 atom stereocenters. The number of rotatable bonds is 1. The largest absolute Gasteiger partial charge is 0.475 e. The normalized spacial score (nSPS) is 18.1. The van der Waals surface area contributed by atoms with Crippen molar-refractivity contribution in [2.75, 3.05) is 0 Å². The van der Waals surface area contributed by atoms with Gasteiger partial charge in [0.1, 0.15) is 6.10 Å². The van der Waals surface area contributed by atoms with Crippen molar-refractivity contribution in [1.82, 2.24) is 4.57 Å². The molecule has 0 saturated heterocycles. The first kappa shape index (κ1) is 11.3. The molecule has 18 heavy (non-hydrogen) atoms. The van der Waals surface area contributed by atoms with Crippen molar-refractivity contribution in [3.05, 3.63) is 40.1 Å². The van der Waals surface area contributed by atoms with E-state index in [9.17, 15) is 4.79 Å². The number of benzene rings is 1. The zero-order valence-electron chi connectivity index (χ0n) is 10.9. The van der Waals surface area contributed by atoms with Gasteiger partial charge in [0.2, 0.25) is 5.88 Å². The molecule has 0 bridgehead atoms. The highest BCUT2D eigenvalue weighted by atomic mass is 16.5. The van der Waals surface area contributed by atoms with E-state index in [-0.39, 0.29) is 11.5 Å². The molecule has 0 unspecified atom stereocenters. The molecule has 0 radical (unpaired) electrons. The lowest BCUT2D eigenvalue weighted by Crippen LogP contribution is -2.20. The van der Waals surface area contributed by atoms with Gasteiger partial charge in [-0.1, -0.05) is 26.0 Å². The summed E-state index contributed by atoms with van der Waals surface area (Å²) in [4.78, 5) is 12.4. The summed E-state index contributed by atoms with van der Waals surface area (Å²) >= 11 is 0. The molecule has 0 N–H and O–H groups in total. The molecule has 3 nitrogen and oxygen atoms in total. The van der Waals surface area contributed by atoms with Crippen molar-refractivity contribution in [3.8, 4) is 5.88 Å². The zero-order chi connectivity index (χ0) is 12.9. The van der Waals surface area contributed by atoms with Crippen molar-refractivity contribution in [1.29, 1.82) is 0 Å². The molecule has 1 aromatic carbocycles. The van der Waals surface area contributed by atoms with E-state index in [1.807, 2.05) is 35.9 Å². The Morgan fingerprint density at radius 3 is 2.78 bits per heavy atom. The van der Waals surface area contributed by atoms with Gasteiger partial charge in [0.15, 0.2) is 5.43 Å². The van der Waals surface area contributed by atoms with E-state index in [1.54, 1.807) is 0 Å². The van der Waals surface area contributed by atoms with Gasteiger partial charge in [-0.3, -0.25) is 4.79 Å². The maximum atomic E-state index is 12.4. The van der Waals surface area contributed by atoms with E-state index >= 15 is 0 Å². The minimum absolute atomic E-state index is 0.121. The van der Waals surface area contributed by atoms with Crippen LogP contribution in [0.15, 0.2) is 29.1 Å². The standard InChI is InChI=1S/C15H17NO2/c1-9(2)13-8-11-14(17)10-6-4-5-7-12(10)16(3)15(11)18-13/h4-7,9,13H,8H2,1-3H3/t13-/m0/s1. The molecule has 0 fully saturated rings. The maximum Gasteiger partial charge on any atom is 0.201 e. The van der Waals surface area contributed by atoms with Gasteiger partial charge in [-0.2, -0.15) is 0 Å². The minimum Gasteiger partial charge on any atom is -0.475 e. The van der Waals surface area contributed by atoms with Crippen molar-refractivity contribution in [3.63, 3.8) is 0 Å². The van der Waals surface area contributed by atoms with Crippen LogP contribution in [0.1, 0.15) is 19.4 Å². The predicted molar refractivity (Wildman–Crippen MR) is 72.1 cm³/mol. The second-order valence-corrected chi connectivity index (χ2v) is 5.29. The first-order valence-electron chi connectivity index (χ1n) is 6.37. The molecule has 1 aliphatic heterocycles. The van der Waals surface area contributed by atoms with Crippen molar-refractivity contribution in [2.24, 2.45) is 13.0 Å². The van der Waals surface area contributed by atoms with E-state index in [0.717, 1.165) is 28.8 Å². The Kier molecular flexibility index (Phi) is 2.44. The Morgan fingerprint density at radius 1 is 1.33 bits per heavy atom. The molecule has 0 saturated carbocycles. The lowest BCUT2D eigenvalue weighted by atomic mass is 10.0. The second kappa shape index (κ2) is 3.87. The summed E-state index contributed by atoms with van der Waals surface area (Å²) in [6.45, 7) is 4.25. The van der Waals surface area contributed by atoms with E-state index in [4.69, 9.17) is 4.74 Å². The highest BCUT2D eigenvalue weighted by Gasteiger charge is 2.30. The van der Waals surface area contributed by atoms with Gasteiger partial charge < -0.3 is 9.30 Å². The summed E-state index contributed by atoms with van der Waals surface area (Å²) in [6.07, 6.45) is 0.848. The molecule has 94 valence electrons. The predicted octanol–water partition coefficient (Wildman–Crippen LogP) is 2.50. The number of pyridine rings is 1. The number of aromatic nitrogens is 1. The number of hydrogen-bond donors (Lipinski definition) is 0. The summed E-state index contributed by atoms with van der Waals surface area (Å²) in [6, 6.07) is 7.71.